The first-order chi connectivity index (χ1) is 11.0. The molecule has 2 saturated heterocycles. The van der Waals surface area contributed by atoms with Crippen LogP contribution < -0.4 is 0 Å². The Balaban J connectivity index is 1.77. The molecule has 1 spiro atoms. The highest BCUT2D eigenvalue weighted by Gasteiger charge is 2.51. The number of amides is 1. The van der Waals surface area contributed by atoms with Crippen LogP contribution in [0, 0.1) is 18.3 Å². The molecule has 0 bridgehead atoms. The normalized spacial score (nSPS) is 23.8. The molecule has 2 aliphatic heterocycles. The molecule has 0 N–H and O–H groups in total. The number of likely N-dealkylation sites (tertiary alicyclic amines) is 1. The third kappa shape index (κ3) is 3.42. The van der Waals surface area contributed by atoms with Crippen molar-refractivity contribution in [1.82, 2.24) is 15.0 Å². The van der Waals surface area contributed by atoms with E-state index in [0.717, 1.165) is 39.0 Å². The molecule has 1 aromatic heterocycles. The molecule has 0 radical (unpaired) electrons. The highest BCUT2D eigenvalue weighted by molar-refractivity contribution is 5.76. The number of carbonyl (C=O) groups excluding carboxylic acids is 1. The van der Waals surface area contributed by atoms with Gasteiger partial charge in [-0.05, 0) is 32.1 Å². The molecule has 1 aromatic rings. The van der Waals surface area contributed by atoms with E-state index in [-0.39, 0.29) is 17.2 Å². The zero-order valence-corrected chi connectivity index (χ0v) is 14.4. The van der Waals surface area contributed by atoms with Crippen LogP contribution in [0.5, 0.6) is 0 Å². The second-order valence-corrected chi connectivity index (χ2v) is 7.41. The van der Waals surface area contributed by atoms with E-state index in [4.69, 9.17) is 9.26 Å². The van der Waals surface area contributed by atoms with Gasteiger partial charge in [-0.2, -0.15) is 4.98 Å². The van der Waals surface area contributed by atoms with Crippen molar-refractivity contribution < 1.29 is 14.1 Å². The van der Waals surface area contributed by atoms with Gasteiger partial charge in [-0.25, -0.2) is 0 Å². The number of hydrogen-bond donors (Lipinski definition) is 0. The van der Waals surface area contributed by atoms with Crippen molar-refractivity contribution in [3.63, 3.8) is 0 Å². The lowest BCUT2D eigenvalue weighted by atomic mass is 9.72. The van der Waals surface area contributed by atoms with E-state index in [1.807, 2.05) is 11.8 Å². The molecule has 1 unspecified atom stereocenters. The molecule has 23 heavy (non-hydrogen) atoms. The van der Waals surface area contributed by atoms with E-state index in [0.29, 0.717) is 30.6 Å². The first-order valence-electron chi connectivity index (χ1n) is 8.66. The van der Waals surface area contributed by atoms with E-state index < -0.39 is 0 Å². The third-order valence-corrected chi connectivity index (χ3v) is 5.27. The minimum atomic E-state index is 0.0325. The van der Waals surface area contributed by atoms with Crippen molar-refractivity contribution >= 4 is 5.91 Å². The third-order valence-electron chi connectivity index (χ3n) is 5.27. The van der Waals surface area contributed by atoms with Crippen LogP contribution in [0.25, 0.3) is 0 Å². The molecular weight excluding hydrogens is 294 g/mol. The van der Waals surface area contributed by atoms with Gasteiger partial charge in [0.15, 0.2) is 5.82 Å². The number of aromatic nitrogens is 2. The van der Waals surface area contributed by atoms with Gasteiger partial charge in [0.25, 0.3) is 0 Å². The summed E-state index contributed by atoms with van der Waals surface area (Å²) in [5, 5.41) is 3.95. The van der Waals surface area contributed by atoms with E-state index in [1.54, 1.807) is 0 Å². The maximum absolute atomic E-state index is 12.6. The molecule has 6 nitrogen and oxygen atoms in total. The molecule has 128 valence electrons. The Kier molecular flexibility index (Phi) is 4.71. The van der Waals surface area contributed by atoms with E-state index in [9.17, 15) is 4.79 Å². The summed E-state index contributed by atoms with van der Waals surface area (Å²) in [5.41, 5.74) is 0.0325. The van der Waals surface area contributed by atoms with Crippen molar-refractivity contribution in [2.24, 2.45) is 11.3 Å². The highest BCUT2D eigenvalue weighted by Crippen LogP contribution is 2.49. The highest BCUT2D eigenvalue weighted by atomic mass is 16.5. The van der Waals surface area contributed by atoms with E-state index in [2.05, 4.69) is 24.0 Å². The molecule has 2 aliphatic rings. The molecular formula is C17H27N3O3. The summed E-state index contributed by atoms with van der Waals surface area (Å²) in [7, 11) is 0. The lowest BCUT2D eigenvalue weighted by Crippen LogP contribution is -2.37. The maximum Gasteiger partial charge on any atom is 0.232 e. The fourth-order valence-electron chi connectivity index (χ4n) is 3.81. The van der Waals surface area contributed by atoms with Gasteiger partial charge in [0.2, 0.25) is 11.8 Å². The van der Waals surface area contributed by atoms with Crippen LogP contribution in [0.15, 0.2) is 4.52 Å². The summed E-state index contributed by atoms with van der Waals surface area (Å²) in [6.07, 6.45) is 3.47. The quantitative estimate of drug-likeness (QED) is 0.852. The van der Waals surface area contributed by atoms with E-state index >= 15 is 0 Å². The van der Waals surface area contributed by atoms with Crippen LogP contribution in [0.4, 0.5) is 0 Å². The van der Waals surface area contributed by atoms with Gasteiger partial charge in [0, 0.05) is 38.1 Å². The number of nitrogens with zero attached hydrogens (tertiary/aromatic N) is 3. The van der Waals surface area contributed by atoms with Gasteiger partial charge in [-0.15, -0.1) is 0 Å². The zero-order valence-electron chi connectivity index (χ0n) is 14.4. The van der Waals surface area contributed by atoms with Gasteiger partial charge in [-0.3, -0.25) is 4.79 Å². The van der Waals surface area contributed by atoms with Crippen LogP contribution >= 0.6 is 0 Å². The molecule has 3 rings (SSSR count). The second-order valence-electron chi connectivity index (χ2n) is 7.41. The van der Waals surface area contributed by atoms with Crippen molar-refractivity contribution in [2.75, 3.05) is 26.3 Å². The predicted octanol–water partition coefficient (Wildman–Crippen LogP) is 2.54. The van der Waals surface area contributed by atoms with Crippen LogP contribution in [-0.2, 0) is 9.53 Å². The monoisotopic (exact) mass is 321 g/mol. The Morgan fingerprint density at radius 3 is 2.74 bits per heavy atom. The number of ether oxygens (including phenoxy) is 1. The Bertz CT molecular complexity index is 549. The lowest BCUT2D eigenvalue weighted by Gasteiger charge is -2.36. The molecule has 6 heteroatoms. The van der Waals surface area contributed by atoms with E-state index in [1.165, 1.54) is 0 Å². The van der Waals surface area contributed by atoms with Crippen molar-refractivity contribution in [1.29, 1.82) is 0 Å². The zero-order chi connectivity index (χ0) is 16.4. The smallest absolute Gasteiger partial charge is 0.232 e. The standard InChI is InChI=1S/C17H27N3O3/c1-12(2)4-5-15(21)20-10-14(16-18-13(3)19-23-16)17(11-20)6-8-22-9-7-17/h12,14H,4-11H2,1-3H3. The van der Waals surface area contributed by atoms with Crippen LogP contribution in [0.3, 0.4) is 0 Å². The average molecular weight is 321 g/mol. The first-order valence-corrected chi connectivity index (χ1v) is 8.66. The minimum Gasteiger partial charge on any atom is -0.381 e. The summed E-state index contributed by atoms with van der Waals surface area (Å²) in [4.78, 5) is 19.1. The molecule has 3 heterocycles. The minimum absolute atomic E-state index is 0.0325. The summed E-state index contributed by atoms with van der Waals surface area (Å²) < 4.78 is 11.0. The van der Waals surface area contributed by atoms with Gasteiger partial charge < -0.3 is 14.2 Å². The molecule has 1 atom stereocenters. The number of hydrogen-bond acceptors (Lipinski definition) is 5. The summed E-state index contributed by atoms with van der Waals surface area (Å²) >= 11 is 0. The largest absolute Gasteiger partial charge is 0.381 e. The predicted molar refractivity (Wildman–Crippen MR) is 84.9 cm³/mol. The maximum atomic E-state index is 12.6. The molecule has 0 aliphatic carbocycles. The number of carbonyl (C=O) groups is 1. The summed E-state index contributed by atoms with van der Waals surface area (Å²) in [6.45, 7) is 9.12. The summed E-state index contributed by atoms with van der Waals surface area (Å²) in [6, 6.07) is 0. The Morgan fingerprint density at radius 1 is 1.39 bits per heavy atom. The fraction of sp³-hybridized carbons (Fsp3) is 0.824. The number of rotatable bonds is 4. The topological polar surface area (TPSA) is 68.5 Å². The van der Waals surface area contributed by atoms with Gasteiger partial charge in [0.05, 0.1) is 5.92 Å². The summed E-state index contributed by atoms with van der Waals surface area (Å²) in [5.74, 6) is 2.28. The molecule has 0 aromatic carbocycles. The SMILES string of the molecule is Cc1noc(C2CN(C(=O)CCC(C)C)CC23CCOCC3)n1. The Morgan fingerprint density at radius 2 is 2.13 bits per heavy atom. The Labute approximate surface area is 137 Å². The molecule has 1 amide bonds. The Hall–Kier alpha value is -1.43. The van der Waals surface area contributed by atoms with Crippen LogP contribution in [-0.4, -0.2) is 47.3 Å². The van der Waals surface area contributed by atoms with Gasteiger partial charge in [-0.1, -0.05) is 19.0 Å². The fourth-order valence-corrected chi connectivity index (χ4v) is 3.81. The lowest BCUT2D eigenvalue weighted by molar-refractivity contribution is -0.131. The van der Waals surface area contributed by atoms with Crippen LogP contribution in [0.1, 0.15) is 57.2 Å². The first kappa shape index (κ1) is 16.4. The molecule has 2 fully saturated rings. The van der Waals surface area contributed by atoms with Crippen LogP contribution in [0.2, 0.25) is 0 Å². The van der Waals surface area contributed by atoms with Gasteiger partial charge >= 0.3 is 0 Å². The van der Waals surface area contributed by atoms with Crippen molar-refractivity contribution in [2.45, 2.75) is 52.4 Å². The van der Waals surface area contributed by atoms with Gasteiger partial charge in [0.1, 0.15) is 0 Å². The average Bonchev–Trinajstić information content (AvgIpc) is 3.10. The van der Waals surface area contributed by atoms with Crippen molar-refractivity contribution in [3.8, 4) is 0 Å². The second kappa shape index (κ2) is 6.59. The molecule has 0 saturated carbocycles. The van der Waals surface area contributed by atoms with Crippen molar-refractivity contribution in [3.05, 3.63) is 11.7 Å². The number of aryl methyl sites for hydroxylation is 1.